The molecular formula is C19H23O5. The minimum atomic E-state index is 0.581. The summed E-state index contributed by atoms with van der Waals surface area (Å²) in [5.41, 5.74) is 2.00. The van der Waals surface area contributed by atoms with E-state index >= 15 is 0 Å². The second-order valence-corrected chi connectivity index (χ2v) is 5.05. The van der Waals surface area contributed by atoms with Gasteiger partial charge in [-0.1, -0.05) is 6.07 Å². The summed E-state index contributed by atoms with van der Waals surface area (Å²) >= 11 is 0. The van der Waals surface area contributed by atoms with E-state index in [0.717, 1.165) is 22.6 Å². The Kier molecular flexibility index (Phi) is 6.18. The van der Waals surface area contributed by atoms with E-state index in [9.17, 15) is 0 Å². The van der Waals surface area contributed by atoms with Crippen LogP contribution in [0.15, 0.2) is 30.3 Å². The van der Waals surface area contributed by atoms with E-state index in [2.05, 4.69) is 6.42 Å². The highest BCUT2D eigenvalue weighted by Crippen LogP contribution is 2.40. The number of rotatable bonds is 8. The van der Waals surface area contributed by atoms with Crippen molar-refractivity contribution in [3.05, 3.63) is 47.9 Å². The quantitative estimate of drug-likeness (QED) is 0.740. The standard InChI is InChI=1S/C19H23O5/c1-20-15-10-13(11-16(12-15)21-2)6-7-14-8-9-17(22-3)19(24-5)18(14)23-4/h7-12H,6H2,1-5H3. The first-order valence-corrected chi connectivity index (χ1v) is 7.51. The van der Waals surface area contributed by atoms with Crippen LogP contribution in [-0.2, 0) is 6.42 Å². The maximum Gasteiger partial charge on any atom is 0.203 e. The highest BCUT2D eigenvalue weighted by Gasteiger charge is 2.16. The van der Waals surface area contributed by atoms with Crippen LogP contribution >= 0.6 is 0 Å². The van der Waals surface area contributed by atoms with Crippen molar-refractivity contribution in [3.8, 4) is 28.7 Å². The topological polar surface area (TPSA) is 46.2 Å². The molecule has 129 valence electrons. The van der Waals surface area contributed by atoms with Crippen LogP contribution in [0.3, 0.4) is 0 Å². The largest absolute Gasteiger partial charge is 0.497 e. The van der Waals surface area contributed by atoms with Crippen LogP contribution in [-0.4, -0.2) is 35.5 Å². The summed E-state index contributed by atoms with van der Waals surface area (Å²) in [7, 11) is 8.09. The smallest absolute Gasteiger partial charge is 0.203 e. The van der Waals surface area contributed by atoms with Gasteiger partial charge in [-0.25, -0.2) is 0 Å². The van der Waals surface area contributed by atoms with Gasteiger partial charge in [0.15, 0.2) is 11.5 Å². The maximum absolute atomic E-state index is 5.50. The Balaban J connectivity index is 2.26. The summed E-state index contributed by atoms with van der Waals surface area (Å²) in [6, 6.07) is 9.61. The molecule has 5 nitrogen and oxygen atoms in total. The lowest BCUT2D eigenvalue weighted by atomic mass is 10.0. The highest BCUT2D eigenvalue weighted by atomic mass is 16.5. The molecule has 24 heavy (non-hydrogen) atoms. The van der Waals surface area contributed by atoms with Crippen molar-refractivity contribution in [2.45, 2.75) is 6.42 Å². The van der Waals surface area contributed by atoms with Gasteiger partial charge in [-0.15, -0.1) is 0 Å². The van der Waals surface area contributed by atoms with Gasteiger partial charge in [0.1, 0.15) is 11.5 Å². The summed E-state index contributed by atoms with van der Waals surface area (Å²) in [4.78, 5) is 0. The molecule has 0 saturated heterocycles. The van der Waals surface area contributed by atoms with Crippen LogP contribution in [0, 0.1) is 6.42 Å². The number of hydrogen-bond acceptors (Lipinski definition) is 5. The number of hydrogen-bond donors (Lipinski definition) is 0. The van der Waals surface area contributed by atoms with Gasteiger partial charge < -0.3 is 23.7 Å². The van der Waals surface area contributed by atoms with Gasteiger partial charge in [0.2, 0.25) is 5.75 Å². The Morgan fingerprint density at radius 1 is 0.708 bits per heavy atom. The van der Waals surface area contributed by atoms with Gasteiger partial charge in [0.05, 0.1) is 35.5 Å². The number of methoxy groups -OCH3 is 5. The predicted octanol–water partition coefficient (Wildman–Crippen LogP) is 3.52. The first-order valence-electron chi connectivity index (χ1n) is 7.51. The Labute approximate surface area is 143 Å². The van der Waals surface area contributed by atoms with Crippen LogP contribution in [0.2, 0.25) is 0 Å². The van der Waals surface area contributed by atoms with Crippen molar-refractivity contribution in [3.63, 3.8) is 0 Å². The SMILES string of the molecule is COc1cc(C[CH]c2ccc(OC)c(OC)c2OC)cc(OC)c1. The Bertz CT molecular complexity index is 659. The highest BCUT2D eigenvalue weighted by molar-refractivity contribution is 5.58. The van der Waals surface area contributed by atoms with Crippen LogP contribution in [0.5, 0.6) is 28.7 Å². The molecule has 0 aliphatic carbocycles. The molecule has 0 spiro atoms. The molecule has 2 rings (SSSR count). The van der Waals surface area contributed by atoms with Crippen LogP contribution in [0.1, 0.15) is 11.1 Å². The van der Waals surface area contributed by atoms with Crippen molar-refractivity contribution >= 4 is 0 Å². The summed E-state index contributed by atoms with van der Waals surface area (Å²) in [6.45, 7) is 0. The third kappa shape index (κ3) is 3.85. The molecule has 0 bridgehead atoms. The average Bonchev–Trinajstić information content (AvgIpc) is 2.64. The molecule has 2 aromatic rings. The molecule has 0 fully saturated rings. The lowest BCUT2D eigenvalue weighted by molar-refractivity contribution is 0.323. The lowest BCUT2D eigenvalue weighted by Crippen LogP contribution is -1.99. The second kappa shape index (κ2) is 8.34. The molecule has 5 heteroatoms. The fourth-order valence-corrected chi connectivity index (χ4v) is 2.50. The van der Waals surface area contributed by atoms with Gasteiger partial charge in [-0.2, -0.15) is 0 Å². The van der Waals surface area contributed by atoms with Crippen molar-refractivity contribution in [2.75, 3.05) is 35.5 Å². The van der Waals surface area contributed by atoms with Gasteiger partial charge in [-0.05, 0) is 36.6 Å². The zero-order valence-corrected chi connectivity index (χ0v) is 14.7. The monoisotopic (exact) mass is 331 g/mol. The van der Waals surface area contributed by atoms with Gasteiger partial charge in [0, 0.05) is 11.6 Å². The first kappa shape index (κ1) is 17.8. The molecule has 0 aliphatic heterocycles. The Morgan fingerprint density at radius 2 is 1.33 bits per heavy atom. The van der Waals surface area contributed by atoms with Crippen LogP contribution in [0.25, 0.3) is 0 Å². The molecule has 2 aromatic carbocycles. The second-order valence-electron chi connectivity index (χ2n) is 5.05. The van der Waals surface area contributed by atoms with Crippen molar-refractivity contribution in [1.29, 1.82) is 0 Å². The molecule has 1 radical (unpaired) electrons. The summed E-state index contributed by atoms with van der Waals surface area (Å²) < 4.78 is 26.8. The molecule has 0 heterocycles. The number of benzene rings is 2. The van der Waals surface area contributed by atoms with Crippen molar-refractivity contribution in [2.24, 2.45) is 0 Å². The van der Waals surface area contributed by atoms with Gasteiger partial charge >= 0.3 is 0 Å². The summed E-state index contributed by atoms with van der Waals surface area (Å²) in [6.07, 6.45) is 2.76. The van der Waals surface area contributed by atoms with E-state index in [1.807, 2.05) is 30.3 Å². The minimum absolute atomic E-state index is 0.581. The fourth-order valence-electron chi connectivity index (χ4n) is 2.50. The van der Waals surface area contributed by atoms with E-state index in [0.29, 0.717) is 23.7 Å². The Hall–Kier alpha value is -2.56. The van der Waals surface area contributed by atoms with E-state index in [1.165, 1.54) is 0 Å². The first-order chi connectivity index (χ1) is 11.7. The molecule has 0 atom stereocenters. The number of ether oxygens (including phenoxy) is 5. The van der Waals surface area contributed by atoms with Crippen LogP contribution in [0.4, 0.5) is 0 Å². The van der Waals surface area contributed by atoms with E-state index in [4.69, 9.17) is 23.7 Å². The van der Waals surface area contributed by atoms with E-state index in [1.54, 1.807) is 35.5 Å². The van der Waals surface area contributed by atoms with Crippen LogP contribution < -0.4 is 23.7 Å². The zero-order valence-electron chi connectivity index (χ0n) is 14.7. The molecule has 0 saturated carbocycles. The summed E-state index contributed by atoms with van der Waals surface area (Å²) in [5, 5.41) is 0. The minimum Gasteiger partial charge on any atom is -0.497 e. The van der Waals surface area contributed by atoms with E-state index < -0.39 is 0 Å². The third-order valence-corrected chi connectivity index (χ3v) is 3.70. The van der Waals surface area contributed by atoms with Crippen molar-refractivity contribution < 1.29 is 23.7 Å². The van der Waals surface area contributed by atoms with E-state index in [-0.39, 0.29) is 0 Å². The molecule has 0 unspecified atom stereocenters. The predicted molar refractivity (Wildman–Crippen MR) is 92.8 cm³/mol. The molecule has 0 aliphatic rings. The molecule has 0 N–H and O–H groups in total. The van der Waals surface area contributed by atoms with Gasteiger partial charge in [-0.3, -0.25) is 0 Å². The summed E-state index contributed by atoms with van der Waals surface area (Å²) in [5.74, 6) is 3.38. The average molecular weight is 331 g/mol. The van der Waals surface area contributed by atoms with Gasteiger partial charge in [0.25, 0.3) is 0 Å². The zero-order chi connectivity index (χ0) is 17.5. The normalized spacial score (nSPS) is 10.2. The maximum atomic E-state index is 5.50. The molecule has 0 aromatic heterocycles. The molecular weight excluding hydrogens is 308 g/mol. The third-order valence-electron chi connectivity index (χ3n) is 3.70. The Morgan fingerprint density at radius 3 is 1.83 bits per heavy atom. The fraction of sp³-hybridized carbons (Fsp3) is 0.316. The lowest BCUT2D eigenvalue weighted by Gasteiger charge is -2.16. The van der Waals surface area contributed by atoms with Crippen molar-refractivity contribution in [1.82, 2.24) is 0 Å². The molecule has 0 amide bonds.